The summed E-state index contributed by atoms with van der Waals surface area (Å²) in [4.78, 5) is 0. The third kappa shape index (κ3) is 4.35. The molecule has 0 aliphatic rings. The minimum Gasteiger partial charge on any atom is -0.331 e. The molecule has 27 heavy (non-hydrogen) atoms. The maximum Gasteiger partial charge on any atom is 0.191 e. The summed E-state index contributed by atoms with van der Waals surface area (Å²) in [5.74, 6) is 0. The molecule has 0 radical (unpaired) electrons. The highest BCUT2D eigenvalue weighted by atomic mass is 35.5. The number of rotatable bonds is 4. The van der Waals surface area contributed by atoms with Crippen molar-refractivity contribution in [2.24, 2.45) is 5.10 Å². The number of anilines is 1. The molecule has 0 spiro atoms. The summed E-state index contributed by atoms with van der Waals surface area (Å²) in [6.07, 6.45) is 1.73. The van der Waals surface area contributed by atoms with Crippen LogP contribution in [0.2, 0.25) is 5.02 Å². The number of aryl methyl sites for hydroxylation is 1. The molecule has 3 rings (SSSR count). The van der Waals surface area contributed by atoms with Crippen LogP contribution in [0.3, 0.4) is 0 Å². The highest BCUT2D eigenvalue weighted by molar-refractivity contribution is 7.80. The summed E-state index contributed by atoms with van der Waals surface area (Å²) in [7, 11) is 0. The highest BCUT2D eigenvalue weighted by Crippen LogP contribution is 2.22. The maximum absolute atomic E-state index is 6.13. The molecule has 0 unspecified atom stereocenters. The molecular weight excluding hydrogens is 378 g/mol. The van der Waals surface area contributed by atoms with Gasteiger partial charge >= 0.3 is 0 Å². The molecule has 1 heterocycles. The van der Waals surface area contributed by atoms with Crippen molar-refractivity contribution in [1.82, 2.24) is 15.2 Å². The third-order valence-electron chi connectivity index (χ3n) is 4.22. The predicted octanol–water partition coefficient (Wildman–Crippen LogP) is 4.77. The Kier molecular flexibility index (Phi) is 5.88. The molecule has 0 atom stereocenters. The standard InChI is InChI=1S/C20H20ClN5S/c1-13-18(21)10-7-11-19(13)23-20(27)24-22-12-17-14(2)25-26(15(17)3)16-8-5-4-6-9-16/h4-12H,1-3H3,(H2,23,24,27)/b22-12-. The fourth-order valence-electron chi connectivity index (χ4n) is 2.71. The summed E-state index contributed by atoms with van der Waals surface area (Å²) >= 11 is 11.4. The van der Waals surface area contributed by atoms with E-state index in [0.717, 1.165) is 33.9 Å². The topological polar surface area (TPSA) is 54.2 Å². The largest absolute Gasteiger partial charge is 0.331 e. The van der Waals surface area contributed by atoms with E-state index in [4.69, 9.17) is 23.8 Å². The van der Waals surface area contributed by atoms with Crippen LogP contribution in [0.25, 0.3) is 5.69 Å². The van der Waals surface area contributed by atoms with Crippen molar-refractivity contribution < 1.29 is 0 Å². The summed E-state index contributed by atoms with van der Waals surface area (Å²) < 4.78 is 1.91. The second-order valence-corrected chi connectivity index (χ2v) is 6.88. The Bertz CT molecular complexity index is 995. The quantitative estimate of drug-likeness (QED) is 0.378. The highest BCUT2D eigenvalue weighted by Gasteiger charge is 2.11. The van der Waals surface area contributed by atoms with E-state index in [1.807, 2.05) is 74.0 Å². The first-order chi connectivity index (χ1) is 13.0. The van der Waals surface area contributed by atoms with Crippen molar-refractivity contribution in [3.8, 4) is 5.69 Å². The van der Waals surface area contributed by atoms with Gasteiger partial charge in [0.25, 0.3) is 0 Å². The molecule has 0 saturated carbocycles. The van der Waals surface area contributed by atoms with Gasteiger partial charge in [-0.25, -0.2) is 4.68 Å². The molecule has 3 aromatic rings. The van der Waals surface area contributed by atoms with Crippen LogP contribution in [-0.2, 0) is 0 Å². The molecule has 7 heteroatoms. The van der Waals surface area contributed by atoms with E-state index in [-0.39, 0.29) is 0 Å². The SMILES string of the molecule is Cc1nn(-c2ccccc2)c(C)c1/C=N\NC(=S)Nc1cccc(Cl)c1C. The molecule has 2 aromatic carbocycles. The molecule has 1 aromatic heterocycles. The number of aromatic nitrogens is 2. The second-order valence-electron chi connectivity index (χ2n) is 6.07. The number of nitrogens with one attached hydrogen (secondary N) is 2. The van der Waals surface area contributed by atoms with Gasteiger partial charge in [0.05, 0.1) is 23.3 Å². The fourth-order valence-corrected chi connectivity index (χ4v) is 3.05. The number of hydrazone groups is 1. The number of benzene rings is 2. The molecule has 138 valence electrons. The first kappa shape index (κ1) is 19.1. The number of thiocarbonyl (C=S) groups is 1. The van der Waals surface area contributed by atoms with Crippen molar-refractivity contribution in [3.63, 3.8) is 0 Å². The smallest absolute Gasteiger partial charge is 0.191 e. The molecule has 2 N–H and O–H groups in total. The molecule has 5 nitrogen and oxygen atoms in total. The molecule has 0 bridgehead atoms. The Hall–Kier alpha value is -2.70. The van der Waals surface area contributed by atoms with E-state index in [1.165, 1.54) is 0 Å². The van der Waals surface area contributed by atoms with Crippen LogP contribution in [0.15, 0.2) is 53.6 Å². The normalized spacial score (nSPS) is 11.0. The third-order valence-corrected chi connectivity index (χ3v) is 4.83. The zero-order valence-electron chi connectivity index (χ0n) is 15.3. The first-order valence-electron chi connectivity index (χ1n) is 8.44. The van der Waals surface area contributed by atoms with Crippen LogP contribution in [0.5, 0.6) is 0 Å². The van der Waals surface area contributed by atoms with Crippen molar-refractivity contribution in [3.05, 3.63) is 76.1 Å². The van der Waals surface area contributed by atoms with E-state index in [1.54, 1.807) is 6.21 Å². The van der Waals surface area contributed by atoms with Gasteiger partial charge in [-0.05, 0) is 62.8 Å². The Morgan fingerprint density at radius 2 is 1.85 bits per heavy atom. The molecule has 0 aliphatic heterocycles. The Labute approximate surface area is 169 Å². The van der Waals surface area contributed by atoms with E-state index in [0.29, 0.717) is 10.1 Å². The Balaban J connectivity index is 1.71. The van der Waals surface area contributed by atoms with Gasteiger partial charge in [-0.1, -0.05) is 35.9 Å². The van der Waals surface area contributed by atoms with Crippen molar-refractivity contribution in [2.45, 2.75) is 20.8 Å². The average molecular weight is 398 g/mol. The number of nitrogens with zero attached hydrogens (tertiary/aromatic N) is 3. The van der Waals surface area contributed by atoms with E-state index in [9.17, 15) is 0 Å². The van der Waals surface area contributed by atoms with Crippen LogP contribution >= 0.6 is 23.8 Å². The zero-order valence-corrected chi connectivity index (χ0v) is 16.9. The second kappa shape index (κ2) is 8.33. The average Bonchev–Trinajstić information content (AvgIpc) is 2.94. The number of hydrogen-bond donors (Lipinski definition) is 2. The first-order valence-corrected chi connectivity index (χ1v) is 9.23. The summed E-state index contributed by atoms with van der Waals surface area (Å²) in [5.41, 5.74) is 8.49. The fraction of sp³-hybridized carbons (Fsp3) is 0.150. The van der Waals surface area contributed by atoms with Gasteiger partial charge in [-0.3, -0.25) is 5.43 Å². The lowest BCUT2D eigenvalue weighted by Gasteiger charge is -2.10. The van der Waals surface area contributed by atoms with Gasteiger partial charge in [0, 0.05) is 16.3 Å². The van der Waals surface area contributed by atoms with Gasteiger partial charge in [0.1, 0.15) is 0 Å². The molecular formula is C20H20ClN5S. The van der Waals surface area contributed by atoms with E-state index < -0.39 is 0 Å². The van der Waals surface area contributed by atoms with Crippen molar-refractivity contribution >= 4 is 40.8 Å². The Morgan fingerprint density at radius 3 is 2.59 bits per heavy atom. The minimum absolute atomic E-state index is 0.391. The van der Waals surface area contributed by atoms with Gasteiger partial charge in [-0.15, -0.1) is 0 Å². The molecule has 0 amide bonds. The van der Waals surface area contributed by atoms with E-state index in [2.05, 4.69) is 20.9 Å². The van der Waals surface area contributed by atoms with Crippen LogP contribution in [0.1, 0.15) is 22.5 Å². The summed E-state index contributed by atoms with van der Waals surface area (Å²) in [5, 5.41) is 13.0. The lowest BCUT2D eigenvalue weighted by molar-refractivity contribution is 0.833. The van der Waals surface area contributed by atoms with Gasteiger partial charge in [0.2, 0.25) is 0 Å². The zero-order chi connectivity index (χ0) is 19.4. The van der Waals surface area contributed by atoms with Crippen LogP contribution in [-0.4, -0.2) is 21.1 Å². The van der Waals surface area contributed by atoms with Crippen molar-refractivity contribution in [2.75, 3.05) is 5.32 Å². The van der Waals surface area contributed by atoms with Gasteiger partial charge in [-0.2, -0.15) is 10.2 Å². The van der Waals surface area contributed by atoms with E-state index >= 15 is 0 Å². The lowest BCUT2D eigenvalue weighted by atomic mass is 10.2. The van der Waals surface area contributed by atoms with Crippen LogP contribution in [0, 0.1) is 20.8 Å². The Morgan fingerprint density at radius 1 is 1.11 bits per heavy atom. The summed E-state index contributed by atoms with van der Waals surface area (Å²) in [6.45, 7) is 5.90. The minimum atomic E-state index is 0.391. The van der Waals surface area contributed by atoms with Crippen LogP contribution < -0.4 is 10.7 Å². The van der Waals surface area contributed by atoms with Crippen molar-refractivity contribution in [1.29, 1.82) is 0 Å². The number of halogens is 1. The van der Waals surface area contributed by atoms with Crippen LogP contribution in [0.4, 0.5) is 5.69 Å². The summed E-state index contributed by atoms with van der Waals surface area (Å²) in [6, 6.07) is 15.6. The number of hydrogen-bond acceptors (Lipinski definition) is 3. The maximum atomic E-state index is 6.13. The number of para-hydroxylation sites is 1. The van der Waals surface area contributed by atoms with Gasteiger partial charge < -0.3 is 5.32 Å². The molecule has 0 aliphatic carbocycles. The van der Waals surface area contributed by atoms with Gasteiger partial charge in [0.15, 0.2) is 5.11 Å². The predicted molar refractivity (Wildman–Crippen MR) is 116 cm³/mol. The molecule has 0 saturated heterocycles. The molecule has 0 fully saturated rings. The monoisotopic (exact) mass is 397 g/mol. The lowest BCUT2D eigenvalue weighted by Crippen LogP contribution is -2.24.